The Hall–Kier alpha value is -0.0400. The lowest BCUT2D eigenvalue weighted by Gasteiger charge is -2.17. The van der Waals surface area contributed by atoms with Crippen molar-refractivity contribution in [1.82, 2.24) is 5.32 Å². The molecular formula is C6H13N. The Labute approximate surface area is 46.5 Å². The Kier molecular flexibility index (Phi) is 1.29. The number of piperidine rings is 1. The fourth-order valence-electron chi connectivity index (χ4n) is 0.882. The molecule has 1 aliphatic heterocycles. The van der Waals surface area contributed by atoms with E-state index in [2.05, 4.69) is 5.32 Å². The lowest BCUT2D eigenvalue weighted by molar-refractivity contribution is 0.402. The van der Waals surface area contributed by atoms with Crippen LogP contribution in [0.15, 0.2) is 0 Å². The van der Waals surface area contributed by atoms with Crippen LogP contribution in [-0.4, -0.2) is 13.1 Å². The van der Waals surface area contributed by atoms with Gasteiger partial charge in [-0.15, -0.1) is 0 Å². The van der Waals surface area contributed by atoms with E-state index < -0.39 is 0 Å². The predicted octanol–water partition coefficient (Wildman–Crippen LogP) is 1.01. The Balaban J connectivity index is 2.13. The molecule has 1 fully saturated rings. The first-order chi connectivity index (χ1) is 3.93. The van der Waals surface area contributed by atoms with E-state index in [1.807, 2.05) is 0 Å². The van der Waals surface area contributed by atoms with Gasteiger partial charge in [0, 0.05) is 1.37 Å². The van der Waals surface area contributed by atoms with Crippen molar-refractivity contribution in [2.24, 2.45) is 5.92 Å². The largest absolute Gasteiger partial charge is 0.317 e. The van der Waals surface area contributed by atoms with Crippen LogP contribution in [0.25, 0.3) is 0 Å². The summed E-state index contributed by atoms with van der Waals surface area (Å²) < 4.78 is 7.07. The molecule has 1 heteroatoms. The van der Waals surface area contributed by atoms with Gasteiger partial charge in [-0.25, -0.2) is 0 Å². The third kappa shape index (κ3) is 1.48. The highest BCUT2D eigenvalue weighted by Gasteiger charge is 2.04. The average molecular weight is 101 g/mol. The van der Waals surface area contributed by atoms with E-state index in [-0.39, 0.29) is 0 Å². The zero-order valence-electron chi connectivity index (χ0n) is 5.61. The standard InChI is InChI=1S/C6H13N/c1-6-2-4-7-5-3-6/h6-7H,2-5H2,1H3/i1T. The highest BCUT2D eigenvalue weighted by molar-refractivity contribution is 4.62. The van der Waals surface area contributed by atoms with Crippen LogP contribution in [0, 0.1) is 5.92 Å². The van der Waals surface area contributed by atoms with E-state index in [9.17, 15) is 0 Å². The maximum Gasteiger partial charge on any atom is 0.0233 e. The number of nitrogens with one attached hydrogen (secondary N) is 1. The van der Waals surface area contributed by atoms with Gasteiger partial charge in [-0.2, -0.15) is 0 Å². The van der Waals surface area contributed by atoms with Gasteiger partial charge in [-0.3, -0.25) is 0 Å². The molecule has 1 saturated heterocycles. The van der Waals surface area contributed by atoms with Crippen LogP contribution in [0.2, 0.25) is 0 Å². The maximum absolute atomic E-state index is 7.07. The molecule has 0 saturated carbocycles. The van der Waals surface area contributed by atoms with Crippen molar-refractivity contribution in [3.8, 4) is 0 Å². The van der Waals surface area contributed by atoms with Crippen LogP contribution in [0.1, 0.15) is 21.1 Å². The van der Waals surface area contributed by atoms with Crippen LogP contribution in [0.3, 0.4) is 0 Å². The van der Waals surface area contributed by atoms with Gasteiger partial charge >= 0.3 is 0 Å². The summed E-state index contributed by atoms with van der Waals surface area (Å²) in [7, 11) is 0. The first-order valence-electron chi connectivity index (χ1n) is 3.64. The topological polar surface area (TPSA) is 12.0 Å². The van der Waals surface area contributed by atoms with Crippen LogP contribution < -0.4 is 5.32 Å². The Bertz CT molecular complexity index is 59.5. The van der Waals surface area contributed by atoms with E-state index in [0.717, 1.165) is 13.1 Å². The minimum Gasteiger partial charge on any atom is -0.317 e. The SMILES string of the molecule is [3H]CC1CCNCC1. The Morgan fingerprint density at radius 1 is 1.57 bits per heavy atom. The third-order valence-corrected chi connectivity index (χ3v) is 1.46. The quantitative estimate of drug-likeness (QED) is 0.480. The van der Waals surface area contributed by atoms with Crippen molar-refractivity contribution >= 4 is 0 Å². The fourth-order valence-corrected chi connectivity index (χ4v) is 0.882. The molecule has 0 aliphatic carbocycles. The highest BCUT2D eigenvalue weighted by Crippen LogP contribution is 2.08. The van der Waals surface area contributed by atoms with Crippen molar-refractivity contribution in [2.45, 2.75) is 19.7 Å². The molecule has 0 amide bonds. The molecule has 1 rings (SSSR count). The maximum atomic E-state index is 7.07. The van der Waals surface area contributed by atoms with Crippen LogP contribution >= 0.6 is 0 Å². The molecule has 0 spiro atoms. The second kappa shape index (κ2) is 2.31. The zero-order chi connectivity index (χ0) is 5.82. The summed E-state index contributed by atoms with van der Waals surface area (Å²) in [5, 5.41) is 3.27. The van der Waals surface area contributed by atoms with Gasteiger partial charge in [0.2, 0.25) is 0 Å². The second-order valence-corrected chi connectivity index (χ2v) is 2.19. The second-order valence-electron chi connectivity index (χ2n) is 2.19. The molecule has 0 radical (unpaired) electrons. The Morgan fingerprint density at radius 2 is 2.29 bits per heavy atom. The number of rotatable bonds is 0. The lowest BCUT2D eigenvalue weighted by Crippen LogP contribution is -2.26. The van der Waals surface area contributed by atoms with Gasteiger partial charge in [-0.05, 0) is 31.8 Å². The molecule has 7 heavy (non-hydrogen) atoms. The summed E-state index contributed by atoms with van der Waals surface area (Å²) in [6.45, 7) is 2.88. The van der Waals surface area contributed by atoms with Crippen molar-refractivity contribution in [3.05, 3.63) is 0 Å². The molecule has 1 heterocycles. The number of hydrogen-bond acceptors (Lipinski definition) is 1. The molecule has 1 N–H and O–H groups in total. The van der Waals surface area contributed by atoms with E-state index in [0.29, 0.717) is 12.8 Å². The van der Waals surface area contributed by atoms with Gasteiger partial charge in [0.25, 0.3) is 0 Å². The summed E-state index contributed by atoms with van der Waals surface area (Å²) in [6.07, 6.45) is 2.42. The van der Waals surface area contributed by atoms with E-state index in [1.165, 1.54) is 12.8 Å². The van der Waals surface area contributed by atoms with Gasteiger partial charge in [-0.1, -0.05) is 6.90 Å². The smallest absolute Gasteiger partial charge is 0.0233 e. The summed E-state index contributed by atoms with van der Waals surface area (Å²) in [4.78, 5) is 0. The monoisotopic (exact) mass is 101 g/mol. The molecule has 0 bridgehead atoms. The van der Waals surface area contributed by atoms with Crippen molar-refractivity contribution in [1.29, 1.82) is 0 Å². The minimum atomic E-state index is 0.627. The fraction of sp³-hybridized carbons (Fsp3) is 1.00. The summed E-state index contributed by atoms with van der Waals surface area (Å²) in [5.74, 6) is 0.691. The van der Waals surface area contributed by atoms with E-state index >= 15 is 0 Å². The van der Waals surface area contributed by atoms with Gasteiger partial charge in [0.15, 0.2) is 0 Å². The van der Waals surface area contributed by atoms with Crippen molar-refractivity contribution in [3.63, 3.8) is 0 Å². The van der Waals surface area contributed by atoms with Crippen molar-refractivity contribution in [2.75, 3.05) is 13.1 Å². The highest BCUT2D eigenvalue weighted by atomic mass is 14.9. The number of hydrogen-bond donors (Lipinski definition) is 1. The zero-order valence-corrected chi connectivity index (χ0v) is 4.61. The molecule has 1 nitrogen and oxygen atoms in total. The molecule has 1 aliphatic rings. The van der Waals surface area contributed by atoms with E-state index in [4.69, 9.17) is 1.37 Å². The summed E-state index contributed by atoms with van der Waals surface area (Å²) >= 11 is 0. The molecule has 0 aromatic carbocycles. The van der Waals surface area contributed by atoms with Gasteiger partial charge in [0.05, 0.1) is 0 Å². The Morgan fingerprint density at radius 3 is 2.71 bits per heavy atom. The minimum absolute atomic E-state index is 0.627. The molecule has 42 valence electrons. The third-order valence-electron chi connectivity index (χ3n) is 1.46. The normalized spacial score (nSPS) is 27.1. The molecule has 0 aromatic rings. The first-order valence-corrected chi connectivity index (χ1v) is 2.93. The average Bonchev–Trinajstić information content (AvgIpc) is 1.90. The molecule has 0 atom stereocenters. The van der Waals surface area contributed by atoms with Crippen LogP contribution in [0.4, 0.5) is 0 Å². The van der Waals surface area contributed by atoms with Crippen molar-refractivity contribution < 1.29 is 1.37 Å². The molecular weight excluding hydrogens is 86.1 g/mol. The predicted molar refractivity (Wildman–Crippen MR) is 31.3 cm³/mol. The lowest BCUT2D eigenvalue weighted by atomic mass is 10.0. The summed E-state index contributed by atoms with van der Waals surface area (Å²) in [6, 6.07) is 0. The van der Waals surface area contributed by atoms with Gasteiger partial charge in [0.1, 0.15) is 0 Å². The first kappa shape index (κ1) is 3.90. The van der Waals surface area contributed by atoms with Gasteiger partial charge < -0.3 is 5.32 Å². The molecule has 0 unspecified atom stereocenters. The summed E-state index contributed by atoms with van der Waals surface area (Å²) in [5.41, 5.74) is 0. The molecule has 0 aromatic heterocycles. The van der Waals surface area contributed by atoms with Crippen LogP contribution in [-0.2, 0) is 0 Å². The van der Waals surface area contributed by atoms with Crippen LogP contribution in [0.5, 0.6) is 0 Å². The van der Waals surface area contributed by atoms with E-state index in [1.54, 1.807) is 0 Å².